The van der Waals surface area contributed by atoms with E-state index in [2.05, 4.69) is 61.7 Å². The van der Waals surface area contributed by atoms with E-state index in [4.69, 9.17) is 0 Å². The number of aromatic nitrogens is 3. The second kappa shape index (κ2) is 9.23. The van der Waals surface area contributed by atoms with Crippen LogP contribution in [0.4, 0.5) is 0 Å². The number of hydrogen-bond acceptors (Lipinski definition) is 3. The average molecular weight is 494 g/mol. The molecular weight excluding hydrogens is 471 g/mol. The van der Waals surface area contributed by atoms with Crippen LogP contribution in [0, 0.1) is 0 Å². The molecule has 0 fully saturated rings. The molecule has 0 spiro atoms. The van der Waals surface area contributed by atoms with E-state index in [1.165, 1.54) is 10.9 Å². The van der Waals surface area contributed by atoms with Crippen molar-refractivity contribution in [2.75, 3.05) is 13.6 Å². The Bertz CT molecular complexity index is 1000. The molecule has 0 saturated heterocycles. The van der Waals surface area contributed by atoms with Gasteiger partial charge in [0.05, 0.1) is 12.2 Å². The van der Waals surface area contributed by atoms with Gasteiger partial charge in [0.2, 0.25) is 0 Å². The molecule has 0 radical (unpaired) electrons. The Labute approximate surface area is 179 Å². The minimum atomic E-state index is 0. The molecule has 27 heavy (non-hydrogen) atoms. The molecule has 2 N–H and O–H groups in total. The van der Waals surface area contributed by atoms with Gasteiger partial charge in [0.25, 0.3) is 0 Å². The van der Waals surface area contributed by atoms with Crippen molar-refractivity contribution in [3.8, 4) is 0 Å². The van der Waals surface area contributed by atoms with Crippen LogP contribution >= 0.6 is 35.3 Å². The van der Waals surface area contributed by atoms with E-state index in [-0.39, 0.29) is 24.0 Å². The van der Waals surface area contributed by atoms with E-state index in [0.29, 0.717) is 6.54 Å². The van der Waals surface area contributed by atoms with Gasteiger partial charge in [-0.25, -0.2) is 4.98 Å². The Hall–Kier alpha value is -2.07. The lowest BCUT2D eigenvalue weighted by Crippen LogP contribution is -2.37. The number of halogens is 1. The average Bonchev–Trinajstić information content (AvgIpc) is 3.36. The van der Waals surface area contributed by atoms with Crippen LogP contribution in [0.3, 0.4) is 0 Å². The van der Waals surface area contributed by atoms with E-state index < -0.39 is 0 Å². The van der Waals surface area contributed by atoms with Crippen molar-refractivity contribution in [2.45, 2.75) is 19.5 Å². The number of imidazole rings is 1. The molecule has 3 aromatic heterocycles. The van der Waals surface area contributed by atoms with Gasteiger partial charge in [0.15, 0.2) is 10.9 Å². The van der Waals surface area contributed by atoms with Gasteiger partial charge in [-0.3, -0.25) is 9.39 Å². The molecule has 8 heteroatoms. The van der Waals surface area contributed by atoms with Gasteiger partial charge < -0.3 is 15.2 Å². The maximum atomic E-state index is 4.57. The second-order valence-corrected chi connectivity index (χ2v) is 6.97. The Kier molecular flexibility index (Phi) is 6.73. The summed E-state index contributed by atoms with van der Waals surface area (Å²) < 4.78 is 4.34. The van der Waals surface area contributed by atoms with Crippen molar-refractivity contribution in [3.05, 3.63) is 60.0 Å². The molecular formula is C19H23IN6S. The summed E-state index contributed by atoms with van der Waals surface area (Å²) in [7, 11) is 1.79. The molecule has 0 aliphatic heterocycles. The van der Waals surface area contributed by atoms with Crippen molar-refractivity contribution in [1.82, 2.24) is 24.6 Å². The monoisotopic (exact) mass is 494 g/mol. The summed E-state index contributed by atoms with van der Waals surface area (Å²) in [5.41, 5.74) is 2.30. The first kappa shape index (κ1) is 19.7. The highest BCUT2D eigenvalue weighted by atomic mass is 127. The molecule has 3 heterocycles. The van der Waals surface area contributed by atoms with Crippen LogP contribution in [0.2, 0.25) is 0 Å². The van der Waals surface area contributed by atoms with Crippen LogP contribution in [-0.2, 0) is 13.1 Å². The lowest BCUT2D eigenvalue weighted by Gasteiger charge is -2.11. The molecule has 0 aliphatic rings. The highest BCUT2D eigenvalue weighted by molar-refractivity contribution is 14.0. The lowest BCUT2D eigenvalue weighted by molar-refractivity contribution is 0.640. The minimum Gasteiger partial charge on any atom is -0.356 e. The first-order chi connectivity index (χ1) is 12.8. The maximum absolute atomic E-state index is 4.57. The van der Waals surface area contributed by atoms with Crippen LogP contribution in [0.1, 0.15) is 12.1 Å². The SMILES string of the molecule is CN=C(NCCCn1ccc2ccccc21)NCc1cn2ccsc2n1.I. The number of aliphatic imine (C=N–C) groups is 1. The summed E-state index contributed by atoms with van der Waals surface area (Å²) in [4.78, 5) is 9.87. The molecule has 0 amide bonds. The van der Waals surface area contributed by atoms with E-state index in [9.17, 15) is 0 Å². The van der Waals surface area contributed by atoms with Crippen LogP contribution < -0.4 is 10.6 Å². The van der Waals surface area contributed by atoms with Gasteiger partial charge >= 0.3 is 0 Å². The first-order valence-electron chi connectivity index (χ1n) is 8.73. The number of guanidine groups is 1. The minimum absolute atomic E-state index is 0. The summed E-state index contributed by atoms with van der Waals surface area (Å²) in [5, 5.41) is 10.0. The van der Waals surface area contributed by atoms with Gasteiger partial charge in [-0.2, -0.15) is 0 Å². The first-order valence-corrected chi connectivity index (χ1v) is 9.61. The van der Waals surface area contributed by atoms with Crippen LogP contribution in [-0.4, -0.2) is 33.5 Å². The van der Waals surface area contributed by atoms with E-state index in [0.717, 1.165) is 36.1 Å². The summed E-state index contributed by atoms with van der Waals surface area (Å²) in [5.74, 6) is 0.804. The van der Waals surface area contributed by atoms with E-state index in [1.54, 1.807) is 18.4 Å². The Morgan fingerprint density at radius 2 is 2.07 bits per heavy atom. The van der Waals surface area contributed by atoms with Crippen molar-refractivity contribution >= 4 is 57.1 Å². The third-order valence-corrected chi connectivity index (χ3v) is 5.12. The van der Waals surface area contributed by atoms with Crippen molar-refractivity contribution in [3.63, 3.8) is 0 Å². The van der Waals surface area contributed by atoms with Crippen LogP contribution in [0.15, 0.2) is 59.3 Å². The molecule has 1 aromatic carbocycles. The highest BCUT2D eigenvalue weighted by Crippen LogP contribution is 2.15. The molecule has 0 aliphatic carbocycles. The van der Waals surface area contributed by atoms with Crippen molar-refractivity contribution in [2.24, 2.45) is 4.99 Å². The van der Waals surface area contributed by atoms with Gasteiger partial charge in [0.1, 0.15) is 0 Å². The number of para-hydroxylation sites is 1. The number of rotatable bonds is 6. The Morgan fingerprint density at radius 3 is 2.93 bits per heavy atom. The molecule has 0 unspecified atom stereocenters. The lowest BCUT2D eigenvalue weighted by atomic mass is 10.2. The second-order valence-electron chi connectivity index (χ2n) is 6.10. The molecule has 6 nitrogen and oxygen atoms in total. The normalized spacial score (nSPS) is 11.7. The zero-order valence-electron chi connectivity index (χ0n) is 15.1. The summed E-state index contributed by atoms with van der Waals surface area (Å²) >= 11 is 1.64. The van der Waals surface area contributed by atoms with Gasteiger partial charge in [0, 0.05) is 49.6 Å². The smallest absolute Gasteiger partial charge is 0.193 e. The maximum Gasteiger partial charge on any atom is 0.193 e. The molecule has 0 bridgehead atoms. The van der Waals surface area contributed by atoms with Gasteiger partial charge in [-0.15, -0.1) is 35.3 Å². The van der Waals surface area contributed by atoms with Crippen LogP contribution in [0.5, 0.6) is 0 Å². The number of nitrogens with one attached hydrogen (secondary N) is 2. The largest absolute Gasteiger partial charge is 0.356 e. The van der Waals surface area contributed by atoms with Gasteiger partial charge in [-0.1, -0.05) is 18.2 Å². The molecule has 4 aromatic rings. The molecule has 0 saturated carbocycles. The number of thiazole rings is 1. The zero-order valence-corrected chi connectivity index (χ0v) is 18.3. The fraction of sp³-hybridized carbons (Fsp3) is 0.263. The fourth-order valence-electron chi connectivity index (χ4n) is 3.05. The zero-order chi connectivity index (χ0) is 17.8. The van der Waals surface area contributed by atoms with E-state index in [1.807, 2.05) is 22.2 Å². The third-order valence-electron chi connectivity index (χ3n) is 4.35. The summed E-state index contributed by atoms with van der Waals surface area (Å²) in [6.07, 6.45) is 7.25. The molecule has 4 rings (SSSR count). The van der Waals surface area contributed by atoms with Gasteiger partial charge in [-0.05, 0) is 23.9 Å². The number of aryl methyl sites for hydroxylation is 1. The summed E-state index contributed by atoms with van der Waals surface area (Å²) in [6, 6.07) is 10.6. The Morgan fingerprint density at radius 1 is 1.19 bits per heavy atom. The van der Waals surface area contributed by atoms with Crippen molar-refractivity contribution < 1.29 is 0 Å². The number of nitrogens with zero attached hydrogens (tertiary/aromatic N) is 4. The standard InChI is InChI=1S/C19H22N6S.HI/c1-20-18(22-13-16-14-25-11-12-26-19(25)23-16)21-8-4-9-24-10-7-15-5-2-3-6-17(15)24;/h2-3,5-7,10-12,14H,4,8-9,13H2,1H3,(H2,20,21,22);1H. The fourth-order valence-corrected chi connectivity index (χ4v) is 3.77. The number of hydrogen-bond donors (Lipinski definition) is 2. The predicted molar refractivity (Wildman–Crippen MR) is 123 cm³/mol. The predicted octanol–water partition coefficient (Wildman–Crippen LogP) is 3.72. The third kappa shape index (κ3) is 4.62. The quantitative estimate of drug-likeness (QED) is 0.186. The van der Waals surface area contributed by atoms with E-state index >= 15 is 0 Å². The summed E-state index contributed by atoms with van der Waals surface area (Å²) in [6.45, 7) is 2.51. The topological polar surface area (TPSA) is 58.7 Å². The Balaban J connectivity index is 0.00000210. The number of benzene rings is 1. The van der Waals surface area contributed by atoms with Crippen molar-refractivity contribution in [1.29, 1.82) is 0 Å². The molecule has 142 valence electrons. The van der Waals surface area contributed by atoms with Crippen LogP contribution in [0.25, 0.3) is 15.9 Å². The number of fused-ring (bicyclic) bond motifs is 2. The molecule has 0 atom stereocenters. The highest BCUT2D eigenvalue weighted by Gasteiger charge is 2.04.